The van der Waals surface area contributed by atoms with Gasteiger partial charge in [0.05, 0.1) is 0 Å². The van der Waals surface area contributed by atoms with Crippen LogP contribution in [0.5, 0.6) is 5.75 Å². The fraction of sp³-hybridized carbons (Fsp3) is 0.400. The predicted molar refractivity (Wildman–Crippen MR) is 47.7 cm³/mol. The van der Waals surface area contributed by atoms with Crippen LogP contribution in [0.2, 0.25) is 0 Å². The third-order valence-corrected chi connectivity index (χ3v) is 2.84. The van der Waals surface area contributed by atoms with Crippen LogP contribution < -0.4 is 5.73 Å². The summed E-state index contributed by atoms with van der Waals surface area (Å²) in [5.41, 5.74) is 5.72. The highest BCUT2D eigenvalue weighted by atomic mass is 19.1. The van der Waals surface area contributed by atoms with E-state index in [-0.39, 0.29) is 0 Å². The van der Waals surface area contributed by atoms with Crippen LogP contribution in [0.25, 0.3) is 0 Å². The molecule has 0 amide bonds. The molecule has 0 atom stereocenters. The molecule has 0 radical (unpaired) electrons. The van der Waals surface area contributed by atoms with Crippen molar-refractivity contribution in [2.24, 2.45) is 5.73 Å². The highest BCUT2D eigenvalue weighted by molar-refractivity contribution is 5.35. The molecule has 2 nitrogen and oxygen atoms in total. The topological polar surface area (TPSA) is 46.2 Å². The molecule has 76 valence electrons. The molecule has 1 aliphatic carbocycles. The average molecular weight is 199 g/mol. The van der Waals surface area contributed by atoms with E-state index in [1.165, 1.54) is 0 Å². The van der Waals surface area contributed by atoms with E-state index < -0.39 is 22.9 Å². The molecular weight excluding hydrogens is 188 g/mol. The van der Waals surface area contributed by atoms with Crippen molar-refractivity contribution in [3.05, 3.63) is 29.3 Å². The molecule has 3 N–H and O–H groups in total. The van der Waals surface area contributed by atoms with Crippen molar-refractivity contribution in [1.82, 2.24) is 0 Å². The SMILES string of the molecule is NC1(c2cc(F)c(O)c(F)c2)CCC1. The summed E-state index contributed by atoms with van der Waals surface area (Å²) in [5.74, 6) is -2.83. The Morgan fingerprint density at radius 3 is 2.07 bits per heavy atom. The van der Waals surface area contributed by atoms with Crippen LogP contribution in [0.4, 0.5) is 8.78 Å². The molecule has 0 aliphatic heterocycles. The molecule has 0 aromatic heterocycles. The largest absolute Gasteiger partial charge is 0.503 e. The first kappa shape index (κ1) is 9.40. The van der Waals surface area contributed by atoms with Crippen molar-refractivity contribution in [2.75, 3.05) is 0 Å². The highest BCUT2D eigenvalue weighted by Gasteiger charge is 2.35. The molecule has 1 aromatic carbocycles. The Hall–Kier alpha value is -1.16. The van der Waals surface area contributed by atoms with Crippen molar-refractivity contribution < 1.29 is 13.9 Å². The highest BCUT2D eigenvalue weighted by Crippen LogP contribution is 2.40. The monoisotopic (exact) mass is 199 g/mol. The van der Waals surface area contributed by atoms with Crippen molar-refractivity contribution in [3.8, 4) is 5.75 Å². The Balaban J connectivity index is 2.45. The number of halogens is 2. The van der Waals surface area contributed by atoms with Gasteiger partial charge < -0.3 is 10.8 Å². The van der Waals surface area contributed by atoms with Crippen molar-refractivity contribution in [3.63, 3.8) is 0 Å². The maximum Gasteiger partial charge on any atom is 0.187 e. The molecule has 4 heteroatoms. The first-order valence-corrected chi connectivity index (χ1v) is 4.50. The summed E-state index contributed by atoms with van der Waals surface area (Å²) in [6.45, 7) is 0. The molecule has 0 saturated heterocycles. The van der Waals surface area contributed by atoms with Gasteiger partial charge in [-0.2, -0.15) is 0 Å². The van der Waals surface area contributed by atoms with Crippen LogP contribution in [0.3, 0.4) is 0 Å². The minimum absolute atomic E-state index is 0.427. The Morgan fingerprint density at radius 1 is 1.21 bits per heavy atom. The van der Waals surface area contributed by atoms with Gasteiger partial charge in [-0.05, 0) is 37.0 Å². The van der Waals surface area contributed by atoms with Gasteiger partial charge in [0.2, 0.25) is 0 Å². The minimum atomic E-state index is -0.947. The van der Waals surface area contributed by atoms with E-state index in [2.05, 4.69) is 0 Å². The van der Waals surface area contributed by atoms with Crippen molar-refractivity contribution in [2.45, 2.75) is 24.8 Å². The lowest BCUT2D eigenvalue weighted by molar-refractivity contribution is 0.251. The van der Waals surface area contributed by atoms with Crippen LogP contribution in [-0.2, 0) is 5.54 Å². The smallest absolute Gasteiger partial charge is 0.187 e. The number of nitrogens with two attached hydrogens (primary N) is 1. The van der Waals surface area contributed by atoms with E-state index in [9.17, 15) is 8.78 Å². The van der Waals surface area contributed by atoms with Crippen LogP contribution in [0.1, 0.15) is 24.8 Å². The van der Waals surface area contributed by atoms with Crippen molar-refractivity contribution in [1.29, 1.82) is 0 Å². The van der Waals surface area contributed by atoms with Gasteiger partial charge >= 0.3 is 0 Å². The normalized spacial score (nSPS) is 19.1. The van der Waals surface area contributed by atoms with Gasteiger partial charge in [0.15, 0.2) is 17.4 Å². The van der Waals surface area contributed by atoms with Gasteiger partial charge in [-0.25, -0.2) is 8.78 Å². The van der Waals surface area contributed by atoms with Gasteiger partial charge in [-0.15, -0.1) is 0 Å². The third kappa shape index (κ3) is 1.26. The second kappa shape index (κ2) is 2.92. The fourth-order valence-corrected chi connectivity index (χ4v) is 1.70. The van der Waals surface area contributed by atoms with E-state index in [1.807, 2.05) is 0 Å². The lowest BCUT2D eigenvalue weighted by Gasteiger charge is -2.38. The Labute approximate surface area is 80.4 Å². The number of phenolic OH excluding ortho intramolecular Hbond substituents is 1. The molecule has 0 spiro atoms. The van der Waals surface area contributed by atoms with Crippen LogP contribution in [-0.4, -0.2) is 5.11 Å². The van der Waals surface area contributed by atoms with Crippen molar-refractivity contribution >= 4 is 0 Å². The zero-order valence-electron chi connectivity index (χ0n) is 7.56. The first-order valence-electron chi connectivity index (χ1n) is 4.50. The number of hydrogen-bond donors (Lipinski definition) is 2. The van der Waals surface area contributed by atoms with E-state index in [0.29, 0.717) is 5.56 Å². The lowest BCUT2D eigenvalue weighted by Crippen LogP contribution is -2.43. The summed E-state index contributed by atoms with van der Waals surface area (Å²) in [7, 11) is 0. The fourth-order valence-electron chi connectivity index (χ4n) is 1.70. The number of aromatic hydroxyl groups is 1. The number of phenols is 1. The number of rotatable bonds is 1. The minimum Gasteiger partial charge on any atom is -0.503 e. The molecule has 1 fully saturated rings. The zero-order chi connectivity index (χ0) is 10.3. The molecule has 2 rings (SSSR count). The molecule has 1 saturated carbocycles. The maximum absolute atomic E-state index is 13.0. The van der Waals surface area contributed by atoms with E-state index in [1.54, 1.807) is 0 Å². The summed E-state index contributed by atoms with van der Waals surface area (Å²) in [6.07, 6.45) is 2.44. The Kier molecular flexibility index (Phi) is 1.96. The predicted octanol–water partition coefficient (Wildman–Crippen LogP) is 2.01. The molecule has 0 bridgehead atoms. The average Bonchev–Trinajstić information content (AvgIpc) is 2.09. The number of hydrogen-bond acceptors (Lipinski definition) is 2. The molecule has 14 heavy (non-hydrogen) atoms. The molecule has 1 aromatic rings. The summed E-state index contributed by atoms with van der Waals surface area (Å²) in [4.78, 5) is 0. The van der Waals surface area contributed by atoms with E-state index in [0.717, 1.165) is 31.4 Å². The van der Waals surface area contributed by atoms with E-state index in [4.69, 9.17) is 10.8 Å². The van der Waals surface area contributed by atoms with Gasteiger partial charge in [0.1, 0.15) is 0 Å². The third-order valence-electron chi connectivity index (χ3n) is 2.84. The standard InChI is InChI=1S/C10H11F2NO/c11-7-4-6(5-8(12)9(7)14)10(13)2-1-3-10/h4-5,14H,1-3,13H2. The summed E-state index contributed by atoms with van der Waals surface area (Å²) in [5, 5.41) is 8.90. The second-order valence-electron chi connectivity index (χ2n) is 3.80. The van der Waals surface area contributed by atoms with Crippen LogP contribution in [0, 0.1) is 11.6 Å². The van der Waals surface area contributed by atoms with Gasteiger partial charge in [0, 0.05) is 5.54 Å². The summed E-state index contributed by atoms with van der Waals surface area (Å²) < 4.78 is 26.0. The van der Waals surface area contributed by atoms with E-state index >= 15 is 0 Å². The second-order valence-corrected chi connectivity index (χ2v) is 3.80. The van der Waals surface area contributed by atoms with Gasteiger partial charge in [-0.3, -0.25) is 0 Å². The van der Waals surface area contributed by atoms with Crippen LogP contribution >= 0.6 is 0 Å². The molecule has 0 heterocycles. The quantitative estimate of drug-likeness (QED) is 0.726. The summed E-state index contributed by atoms with van der Waals surface area (Å²) in [6, 6.07) is 2.22. The van der Waals surface area contributed by atoms with Gasteiger partial charge in [0.25, 0.3) is 0 Å². The van der Waals surface area contributed by atoms with Gasteiger partial charge in [-0.1, -0.05) is 0 Å². The Bertz CT molecular complexity index is 351. The van der Waals surface area contributed by atoms with Crippen LogP contribution in [0.15, 0.2) is 12.1 Å². The molecular formula is C10H11F2NO. The number of benzene rings is 1. The molecule has 1 aliphatic rings. The molecule has 0 unspecified atom stereocenters. The Morgan fingerprint density at radius 2 is 1.71 bits per heavy atom. The zero-order valence-corrected chi connectivity index (χ0v) is 7.56. The first-order chi connectivity index (χ1) is 6.53. The summed E-state index contributed by atoms with van der Waals surface area (Å²) >= 11 is 0. The maximum atomic E-state index is 13.0. The lowest BCUT2D eigenvalue weighted by atomic mass is 9.73.